The maximum absolute atomic E-state index is 9.26. The average Bonchev–Trinajstić information content (AvgIpc) is 2.41. The second-order valence-electron chi connectivity index (χ2n) is 3.55. The minimum Gasteiger partial charge on any atom is -0.439 e. The fourth-order valence-electron chi connectivity index (χ4n) is 1.43. The van der Waals surface area contributed by atoms with E-state index in [1.807, 2.05) is 30.5 Å². The Hall–Kier alpha value is -1.04. The van der Waals surface area contributed by atoms with Gasteiger partial charge in [0.1, 0.15) is 5.75 Å². The van der Waals surface area contributed by atoms with Crippen molar-refractivity contribution in [2.75, 3.05) is 6.26 Å². The van der Waals surface area contributed by atoms with Crippen molar-refractivity contribution in [2.24, 2.45) is 0 Å². The highest BCUT2D eigenvalue weighted by Gasteiger charge is 2.06. The van der Waals surface area contributed by atoms with Crippen LogP contribution in [0.2, 0.25) is 0 Å². The SMILES string of the molecule is CSc1ccc(Oc2ncc(Br)cc2CO)cc1. The zero-order valence-electron chi connectivity index (χ0n) is 9.76. The predicted molar refractivity (Wildman–Crippen MR) is 76.2 cm³/mol. The van der Waals surface area contributed by atoms with Gasteiger partial charge in [0, 0.05) is 21.1 Å². The number of nitrogens with zero attached hydrogens (tertiary/aromatic N) is 1. The summed E-state index contributed by atoms with van der Waals surface area (Å²) in [6.07, 6.45) is 3.67. The molecule has 18 heavy (non-hydrogen) atoms. The third-order valence-electron chi connectivity index (χ3n) is 2.34. The molecule has 1 aromatic carbocycles. The Labute approximate surface area is 118 Å². The number of hydrogen-bond acceptors (Lipinski definition) is 4. The smallest absolute Gasteiger partial charge is 0.224 e. The maximum Gasteiger partial charge on any atom is 0.224 e. The van der Waals surface area contributed by atoms with Crippen LogP contribution in [0.25, 0.3) is 0 Å². The molecule has 0 fully saturated rings. The fraction of sp³-hybridized carbons (Fsp3) is 0.154. The molecule has 2 rings (SSSR count). The third-order valence-corrected chi connectivity index (χ3v) is 3.51. The van der Waals surface area contributed by atoms with Crippen LogP contribution in [0.3, 0.4) is 0 Å². The van der Waals surface area contributed by atoms with Crippen molar-refractivity contribution in [2.45, 2.75) is 11.5 Å². The van der Waals surface area contributed by atoms with Gasteiger partial charge in [0.15, 0.2) is 0 Å². The van der Waals surface area contributed by atoms with Gasteiger partial charge < -0.3 is 9.84 Å². The van der Waals surface area contributed by atoms with Crippen molar-refractivity contribution >= 4 is 27.7 Å². The van der Waals surface area contributed by atoms with Crippen molar-refractivity contribution in [1.29, 1.82) is 0 Å². The van der Waals surface area contributed by atoms with Gasteiger partial charge in [-0.3, -0.25) is 0 Å². The molecule has 1 N–H and O–H groups in total. The summed E-state index contributed by atoms with van der Waals surface area (Å²) in [4.78, 5) is 5.33. The molecule has 0 unspecified atom stereocenters. The highest BCUT2D eigenvalue weighted by atomic mass is 79.9. The average molecular weight is 326 g/mol. The van der Waals surface area contributed by atoms with E-state index in [0.717, 1.165) is 4.47 Å². The largest absolute Gasteiger partial charge is 0.439 e. The van der Waals surface area contributed by atoms with Gasteiger partial charge >= 0.3 is 0 Å². The molecular weight excluding hydrogens is 314 g/mol. The number of halogens is 1. The molecule has 0 aliphatic rings. The Bertz CT molecular complexity index is 531. The molecule has 0 amide bonds. The van der Waals surface area contributed by atoms with Gasteiger partial charge in [0.25, 0.3) is 0 Å². The second-order valence-corrected chi connectivity index (χ2v) is 5.35. The molecule has 1 heterocycles. The topological polar surface area (TPSA) is 42.4 Å². The molecular formula is C13H12BrNO2S. The van der Waals surface area contributed by atoms with Crippen molar-refractivity contribution in [3.63, 3.8) is 0 Å². The van der Waals surface area contributed by atoms with Crippen molar-refractivity contribution in [3.8, 4) is 11.6 Å². The van der Waals surface area contributed by atoms with E-state index in [-0.39, 0.29) is 6.61 Å². The second kappa shape index (κ2) is 6.22. The van der Waals surface area contributed by atoms with E-state index in [2.05, 4.69) is 20.9 Å². The molecule has 0 aliphatic heterocycles. The molecule has 2 aromatic rings. The zero-order valence-corrected chi connectivity index (χ0v) is 12.2. The molecule has 0 atom stereocenters. The van der Waals surface area contributed by atoms with E-state index in [9.17, 15) is 5.11 Å². The minimum atomic E-state index is -0.106. The van der Waals surface area contributed by atoms with Crippen molar-refractivity contribution in [1.82, 2.24) is 4.98 Å². The lowest BCUT2D eigenvalue weighted by atomic mass is 10.3. The van der Waals surface area contributed by atoms with Crippen LogP contribution in [0.5, 0.6) is 11.6 Å². The van der Waals surface area contributed by atoms with Gasteiger partial charge in [-0.25, -0.2) is 4.98 Å². The molecule has 0 saturated heterocycles. The van der Waals surface area contributed by atoms with Gasteiger partial charge in [-0.2, -0.15) is 0 Å². The lowest BCUT2D eigenvalue weighted by Crippen LogP contribution is -1.94. The zero-order chi connectivity index (χ0) is 13.0. The highest BCUT2D eigenvalue weighted by molar-refractivity contribution is 9.10. The molecule has 0 radical (unpaired) electrons. The molecule has 3 nitrogen and oxygen atoms in total. The van der Waals surface area contributed by atoms with Gasteiger partial charge in [-0.05, 0) is 52.5 Å². The number of ether oxygens (including phenoxy) is 1. The van der Waals surface area contributed by atoms with E-state index in [0.29, 0.717) is 17.2 Å². The van der Waals surface area contributed by atoms with Crippen LogP contribution in [0.15, 0.2) is 45.9 Å². The number of thioether (sulfide) groups is 1. The first-order chi connectivity index (χ1) is 8.72. The van der Waals surface area contributed by atoms with E-state index < -0.39 is 0 Å². The molecule has 1 aromatic heterocycles. The number of rotatable bonds is 4. The molecule has 0 saturated carbocycles. The van der Waals surface area contributed by atoms with Crippen LogP contribution >= 0.6 is 27.7 Å². The first kappa shape index (κ1) is 13.4. The summed E-state index contributed by atoms with van der Waals surface area (Å²) in [6.45, 7) is -0.106. The normalized spacial score (nSPS) is 10.4. The number of pyridine rings is 1. The maximum atomic E-state index is 9.26. The van der Waals surface area contributed by atoms with Gasteiger partial charge in [0.05, 0.1) is 6.61 Å². The van der Waals surface area contributed by atoms with Crippen LogP contribution in [0, 0.1) is 0 Å². The third kappa shape index (κ3) is 3.25. The Morgan fingerprint density at radius 3 is 2.67 bits per heavy atom. The molecule has 0 aliphatic carbocycles. The summed E-state index contributed by atoms with van der Waals surface area (Å²) in [5.41, 5.74) is 0.651. The summed E-state index contributed by atoms with van der Waals surface area (Å²) in [5, 5.41) is 9.26. The number of hydrogen-bond donors (Lipinski definition) is 1. The quantitative estimate of drug-likeness (QED) is 0.867. The highest BCUT2D eigenvalue weighted by Crippen LogP contribution is 2.27. The summed E-state index contributed by atoms with van der Waals surface area (Å²) < 4.78 is 6.47. The molecule has 5 heteroatoms. The van der Waals surface area contributed by atoms with Gasteiger partial charge in [-0.1, -0.05) is 0 Å². The van der Waals surface area contributed by atoms with Crippen LogP contribution in [0.1, 0.15) is 5.56 Å². The predicted octanol–water partition coefficient (Wildman–Crippen LogP) is 3.85. The molecule has 94 valence electrons. The number of aliphatic hydroxyl groups is 1. The van der Waals surface area contributed by atoms with E-state index >= 15 is 0 Å². The van der Waals surface area contributed by atoms with Gasteiger partial charge in [-0.15, -0.1) is 11.8 Å². The Morgan fingerprint density at radius 2 is 2.06 bits per heavy atom. The number of aliphatic hydroxyl groups excluding tert-OH is 1. The summed E-state index contributed by atoms with van der Waals surface area (Å²) in [6, 6.07) is 9.53. The lowest BCUT2D eigenvalue weighted by molar-refractivity contribution is 0.275. The minimum absolute atomic E-state index is 0.106. The van der Waals surface area contributed by atoms with Crippen molar-refractivity contribution in [3.05, 3.63) is 46.6 Å². The van der Waals surface area contributed by atoms with E-state index in [4.69, 9.17) is 4.74 Å². The number of benzene rings is 1. The Kier molecular flexibility index (Phi) is 4.63. The monoisotopic (exact) mass is 325 g/mol. The summed E-state index contributed by atoms with van der Waals surface area (Å²) in [5.74, 6) is 1.13. The Balaban J connectivity index is 2.22. The standard InChI is InChI=1S/C13H12BrNO2S/c1-18-12-4-2-11(3-5-12)17-13-9(8-16)6-10(14)7-15-13/h2-7,16H,8H2,1H3. The first-order valence-electron chi connectivity index (χ1n) is 5.30. The van der Waals surface area contributed by atoms with Crippen molar-refractivity contribution < 1.29 is 9.84 Å². The summed E-state index contributed by atoms with van der Waals surface area (Å²) >= 11 is 4.99. The lowest BCUT2D eigenvalue weighted by Gasteiger charge is -2.09. The molecule has 0 spiro atoms. The van der Waals surface area contributed by atoms with Crippen LogP contribution in [-0.2, 0) is 6.61 Å². The van der Waals surface area contributed by atoms with Crippen LogP contribution < -0.4 is 4.74 Å². The fourth-order valence-corrected chi connectivity index (χ4v) is 2.22. The van der Waals surface area contributed by atoms with Gasteiger partial charge in [0.2, 0.25) is 5.88 Å². The van der Waals surface area contributed by atoms with E-state index in [1.165, 1.54) is 4.90 Å². The van der Waals surface area contributed by atoms with E-state index in [1.54, 1.807) is 24.0 Å². The van der Waals surface area contributed by atoms with Crippen LogP contribution in [0.4, 0.5) is 0 Å². The summed E-state index contributed by atoms with van der Waals surface area (Å²) in [7, 11) is 0. The molecule has 0 bridgehead atoms. The number of aromatic nitrogens is 1. The first-order valence-corrected chi connectivity index (χ1v) is 7.32. The Morgan fingerprint density at radius 1 is 1.33 bits per heavy atom. The van der Waals surface area contributed by atoms with Crippen LogP contribution in [-0.4, -0.2) is 16.3 Å².